The summed E-state index contributed by atoms with van der Waals surface area (Å²) in [6, 6.07) is 0. The van der Waals surface area contributed by atoms with Gasteiger partial charge in [-0.25, -0.2) is 4.79 Å². The average molecular weight is 736 g/mol. The number of amides is 2. The van der Waals surface area contributed by atoms with Crippen molar-refractivity contribution in [2.75, 3.05) is 6.61 Å². The molecule has 16 heteroatoms. The summed E-state index contributed by atoms with van der Waals surface area (Å²) in [6.07, 6.45) is 4.59. The van der Waals surface area contributed by atoms with E-state index in [2.05, 4.69) is 6.92 Å². The second-order valence-electron chi connectivity index (χ2n) is 15.5. The summed E-state index contributed by atoms with van der Waals surface area (Å²) in [6.45, 7) is 8.13. The van der Waals surface area contributed by atoms with Crippen molar-refractivity contribution in [1.82, 2.24) is 5.06 Å². The molecule has 4 aliphatic carbocycles. The lowest BCUT2D eigenvalue weighted by Crippen LogP contribution is -2.63. The number of hydrogen-bond donors (Lipinski definition) is 2. The molecule has 3 unspecified atom stereocenters. The molecule has 5 fully saturated rings. The van der Waals surface area contributed by atoms with Crippen molar-refractivity contribution in [1.29, 1.82) is 0 Å². The summed E-state index contributed by atoms with van der Waals surface area (Å²) in [5.74, 6) is -6.58. The van der Waals surface area contributed by atoms with Gasteiger partial charge in [-0.3, -0.25) is 28.5 Å². The Morgan fingerprint density at radius 1 is 1.10 bits per heavy atom. The molecule has 0 radical (unpaired) electrons. The molecule has 15 nitrogen and oxygen atoms in total. The first-order valence-electron chi connectivity index (χ1n) is 17.4. The number of nitrogens with zero attached hydrogens (tertiary/aromatic N) is 1. The first kappa shape index (κ1) is 37.4. The molecule has 2 N–H and O–H groups in total. The van der Waals surface area contributed by atoms with Crippen molar-refractivity contribution in [2.45, 2.75) is 109 Å². The van der Waals surface area contributed by atoms with E-state index in [1.54, 1.807) is 26.0 Å². The number of ether oxygens (including phenoxy) is 3. The summed E-state index contributed by atoms with van der Waals surface area (Å²) in [5, 5.41) is 9.79. The molecule has 0 aromatic carbocycles. The maximum atomic E-state index is 14.2. The van der Waals surface area contributed by atoms with Crippen LogP contribution in [-0.2, 0) is 57.9 Å². The van der Waals surface area contributed by atoms with E-state index >= 15 is 0 Å². The highest BCUT2D eigenvalue weighted by molar-refractivity contribution is 7.87. The summed E-state index contributed by atoms with van der Waals surface area (Å²) in [5.41, 5.74) is -1.77. The molecule has 12 atom stereocenters. The lowest BCUT2D eigenvalue weighted by molar-refractivity contribution is -0.200. The third-order valence-electron chi connectivity index (χ3n) is 12.6. The number of hydrogen-bond acceptors (Lipinski definition) is 13. The van der Waals surface area contributed by atoms with Gasteiger partial charge >= 0.3 is 11.9 Å². The van der Waals surface area contributed by atoms with Gasteiger partial charge in [0.15, 0.2) is 29.5 Å². The standard InChI is InChI=1S/C35H45NO14S/c1-17(6-7-18(2)32(43)50-36-28(40)14-25(30(36)41)51(44,45)46)31(42)47-16-26(39)35-27(48-19(3)49-35)13-23-22-9-8-20-12-21(37)10-11-33(20,4)29(22)24(38)15-34(23,35)5/h10-12,17-19,22-25,27,29,38H,6-9,13-16H2,1-5H3,(H,44,45,46)/t17?,18?,19-,22+,23+,24+,25?,27-,29-,33+,34+,35-/m1/s1. The van der Waals surface area contributed by atoms with Crippen LogP contribution in [0.4, 0.5) is 0 Å². The van der Waals surface area contributed by atoms with Crippen molar-refractivity contribution < 1.29 is 65.9 Å². The lowest BCUT2D eigenvalue weighted by Gasteiger charge is -2.59. The van der Waals surface area contributed by atoms with Crippen molar-refractivity contribution in [3.63, 3.8) is 0 Å². The zero-order chi connectivity index (χ0) is 37.4. The summed E-state index contributed by atoms with van der Waals surface area (Å²) < 4.78 is 49.9. The van der Waals surface area contributed by atoms with Crippen molar-refractivity contribution >= 4 is 45.4 Å². The number of hydroxylamine groups is 2. The monoisotopic (exact) mass is 735 g/mol. The highest BCUT2D eigenvalue weighted by atomic mass is 32.2. The Balaban J connectivity index is 1.08. The van der Waals surface area contributed by atoms with Gasteiger partial charge in [-0.15, -0.1) is 5.06 Å². The Morgan fingerprint density at radius 2 is 1.76 bits per heavy atom. The normalized spacial score (nSPS) is 39.7. The molecule has 0 spiro atoms. The Kier molecular flexibility index (Phi) is 9.52. The Bertz CT molecular complexity index is 1720. The van der Waals surface area contributed by atoms with Gasteiger partial charge in [-0.2, -0.15) is 8.42 Å². The zero-order valence-corrected chi connectivity index (χ0v) is 30.1. The molecule has 51 heavy (non-hydrogen) atoms. The van der Waals surface area contributed by atoms with Crippen LogP contribution in [0.25, 0.3) is 0 Å². The van der Waals surface area contributed by atoms with Crippen LogP contribution in [0.2, 0.25) is 0 Å². The number of esters is 1. The van der Waals surface area contributed by atoms with Crippen LogP contribution < -0.4 is 0 Å². The van der Waals surface area contributed by atoms with E-state index in [0.717, 1.165) is 12.0 Å². The van der Waals surface area contributed by atoms with Crippen LogP contribution in [0.1, 0.15) is 79.6 Å². The predicted octanol–water partition coefficient (Wildman–Crippen LogP) is 2.01. The third-order valence-corrected chi connectivity index (χ3v) is 13.7. The smallest absolute Gasteiger partial charge is 0.335 e. The molecule has 2 amide bonds. The minimum absolute atomic E-state index is 0.0265. The van der Waals surface area contributed by atoms with Crippen LogP contribution in [0, 0.1) is 40.4 Å². The predicted molar refractivity (Wildman–Crippen MR) is 173 cm³/mol. The van der Waals surface area contributed by atoms with E-state index in [1.807, 2.05) is 13.0 Å². The molecule has 0 aromatic rings. The van der Waals surface area contributed by atoms with Gasteiger partial charge in [0.25, 0.3) is 21.9 Å². The van der Waals surface area contributed by atoms with E-state index in [0.29, 0.717) is 12.8 Å². The maximum Gasteiger partial charge on any atom is 0.335 e. The SMILES string of the molecule is CC(CCC(C)C(=O)ON1C(=O)CC(S(=O)(=O)O)C1=O)C(=O)OCC(=O)[C@@]12O[C@H](C)O[C@@H]1C[C@H]1[C@@H]3CCC4=CC(=O)C=C[C@]4(C)[C@H]3[C@@H](O)C[C@@]12C. The van der Waals surface area contributed by atoms with Crippen molar-refractivity contribution in [3.05, 3.63) is 23.8 Å². The van der Waals surface area contributed by atoms with Crippen LogP contribution in [-0.4, -0.2) is 94.4 Å². The minimum atomic E-state index is -4.87. The zero-order valence-electron chi connectivity index (χ0n) is 29.2. The van der Waals surface area contributed by atoms with Gasteiger partial charge in [0.1, 0.15) is 0 Å². The number of allylic oxidation sites excluding steroid dienone is 4. The number of carbonyl (C=O) groups is 6. The molecule has 0 bridgehead atoms. The van der Waals surface area contributed by atoms with Gasteiger partial charge < -0.3 is 24.2 Å². The van der Waals surface area contributed by atoms with Crippen molar-refractivity contribution in [3.8, 4) is 0 Å². The van der Waals surface area contributed by atoms with E-state index < -0.39 is 105 Å². The first-order valence-corrected chi connectivity index (χ1v) is 18.9. The van der Waals surface area contributed by atoms with Crippen LogP contribution in [0.5, 0.6) is 0 Å². The average Bonchev–Trinajstić information content (AvgIpc) is 3.63. The van der Waals surface area contributed by atoms with E-state index in [1.165, 1.54) is 6.92 Å². The fourth-order valence-corrected chi connectivity index (χ4v) is 10.7. The minimum Gasteiger partial charge on any atom is -0.457 e. The lowest BCUT2D eigenvalue weighted by atomic mass is 9.46. The highest BCUT2D eigenvalue weighted by Crippen LogP contribution is 2.69. The van der Waals surface area contributed by atoms with Gasteiger partial charge in [0.05, 0.1) is 30.5 Å². The fourth-order valence-electron chi connectivity index (χ4n) is 9.96. The number of aliphatic hydroxyl groups excluding tert-OH is 1. The molecule has 6 rings (SSSR count). The van der Waals surface area contributed by atoms with Gasteiger partial charge in [0.2, 0.25) is 5.78 Å². The summed E-state index contributed by atoms with van der Waals surface area (Å²) >= 11 is 0. The Morgan fingerprint density at radius 3 is 2.41 bits per heavy atom. The molecule has 2 saturated heterocycles. The number of fused-ring (bicyclic) bond motifs is 7. The number of aliphatic hydroxyl groups is 1. The maximum absolute atomic E-state index is 14.2. The molecular formula is C35H45NO14S. The molecular weight excluding hydrogens is 690 g/mol. The summed E-state index contributed by atoms with van der Waals surface area (Å²) in [4.78, 5) is 81.1. The number of ketones is 2. The quantitative estimate of drug-likeness (QED) is 0.186. The molecule has 2 aliphatic heterocycles. The topological polar surface area (TPSA) is 217 Å². The Labute approximate surface area is 295 Å². The van der Waals surface area contributed by atoms with Crippen LogP contribution >= 0.6 is 0 Å². The second-order valence-corrected chi connectivity index (χ2v) is 17.1. The van der Waals surface area contributed by atoms with Crippen molar-refractivity contribution in [2.24, 2.45) is 40.4 Å². The molecule has 0 aromatic heterocycles. The van der Waals surface area contributed by atoms with Crippen LogP contribution in [0.15, 0.2) is 23.8 Å². The van der Waals surface area contributed by atoms with Gasteiger partial charge in [0, 0.05) is 16.7 Å². The van der Waals surface area contributed by atoms with Gasteiger partial charge in [-0.05, 0) is 69.4 Å². The second kappa shape index (κ2) is 13.0. The number of carbonyl (C=O) groups excluding carboxylic acids is 6. The number of Topliss-reactive ketones (excluding diaryl/α,β-unsaturated/α-hetero) is 1. The van der Waals surface area contributed by atoms with Crippen LogP contribution in [0.3, 0.4) is 0 Å². The number of imide groups is 1. The van der Waals surface area contributed by atoms with E-state index in [-0.39, 0.29) is 47.9 Å². The fraction of sp³-hybridized carbons (Fsp3) is 0.714. The summed E-state index contributed by atoms with van der Waals surface area (Å²) in [7, 11) is -4.87. The third kappa shape index (κ3) is 6.00. The number of rotatable bonds is 10. The first-order chi connectivity index (χ1) is 23.7. The molecule has 2 heterocycles. The van der Waals surface area contributed by atoms with E-state index in [9.17, 15) is 42.3 Å². The molecule has 3 saturated carbocycles. The largest absolute Gasteiger partial charge is 0.457 e. The Hall–Kier alpha value is -3.31. The molecule has 280 valence electrons. The van der Waals surface area contributed by atoms with E-state index in [4.69, 9.17) is 23.6 Å². The highest BCUT2D eigenvalue weighted by Gasteiger charge is 2.75. The molecule has 6 aliphatic rings. The van der Waals surface area contributed by atoms with Gasteiger partial charge in [-0.1, -0.05) is 39.3 Å².